The van der Waals surface area contributed by atoms with Crippen molar-refractivity contribution in [2.75, 3.05) is 13.7 Å². The molecule has 0 saturated carbocycles. The quantitative estimate of drug-likeness (QED) is 0.672. The summed E-state index contributed by atoms with van der Waals surface area (Å²) in [4.78, 5) is 0.146. The van der Waals surface area contributed by atoms with Gasteiger partial charge < -0.3 is 4.74 Å². The lowest BCUT2D eigenvalue weighted by Gasteiger charge is -2.19. The van der Waals surface area contributed by atoms with Gasteiger partial charge in [-0.3, -0.25) is 4.68 Å². The highest BCUT2D eigenvalue weighted by atomic mass is 32.2. The molecular formula is C18H21N3O3S2. The fraction of sp³-hybridized carbons (Fsp3) is 0.278. The first-order valence-electron chi connectivity index (χ1n) is 8.08. The Kier molecular flexibility index (Phi) is 5.45. The number of aryl methyl sites for hydroxylation is 2. The average molecular weight is 392 g/mol. The summed E-state index contributed by atoms with van der Waals surface area (Å²) in [6, 6.07) is 6.96. The van der Waals surface area contributed by atoms with Crippen molar-refractivity contribution in [3.8, 4) is 5.75 Å². The van der Waals surface area contributed by atoms with Gasteiger partial charge >= 0.3 is 0 Å². The van der Waals surface area contributed by atoms with Crippen LogP contribution in [0.4, 0.5) is 0 Å². The van der Waals surface area contributed by atoms with Crippen LogP contribution in [0, 0.1) is 13.8 Å². The van der Waals surface area contributed by atoms with Crippen molar-refractivity contribution in [1.82, 2.24) is 14.5 Å². The highest BCUT2D eigenvalue weighted by molar-refractivity contribution is 7.89. The van der Waals surface area contributed by atoms with Gasteiger partial charge in [-0.1, -0.05) is 0 Å². The van der Waals surface area contributed by atoms with Gasteiger partial charge in [0.25, 0.3) is 0 Å². The summed E-state index contributed by atoms with van der Waals surface area (Å²) in [5.41, 5.74) is 2.88. The van der Waals surface area contributed by atoms with Crippen molar-refractivity contribution in [3.05, 3.63) is 64.1 Å². The molecule has 3 aromatic rings. The third-order valence-electron chi connectivity index (χ3n) is 4.31. The number of hydrogen-bond donors (Lipinski definition) is 1. The maximum atomic E-state index is 12.9. The van der Waals surface area contributed by atoms with Crippen LogP contribution in [0.15, 0.2) is 52.3 Å². The van der Waals surface area contributed by atoms with E-state index in [-0.39, 0.29) is 17.5 Å². The van der Waals surface area contributed by atoms with Gasteiger partial charge in [0.2, 0.25) is 10.0 Å². The molecule has 0 bridgehead atoms. The van der Waals surface area contributed by atoms with E-state index < -0.39 is 10.0 Å². The number of methoxy groups -OCH3 is 1. The Morgan fingerprint density at radius 1 is 1.31 bits per heavy atom. The highest BCUT2D eigenvalue weighted by Crippen LogP contribution is 2.28. The van der Waals surface area contributed by atoms with E-state index in [1.807, 2.05) is 42.9 Å². The SMILES string of the molecule is COc1cc(C)c(C)cc1S(=O)(=O)NC[C@@H](c1ccsc1)n1cccn1. The number of ether oxygens (including phenoxy) is 1. The van der Waals surface area contributed by atoms with Crippen LogP contribution in [0.3, 0.4) is 0 Å². The molecule has 0 fully saturated rings. The van der Waals surface area contributed by atoms with Crippen molar-refractivity contribution in [1.29, 1.82) is 0 Å². The van der Waals surface area contributed by atoms with Gasteiger partial charge in [-0.25, -0.2) is 13.1 Å². The average Bonchev–Trinajstić information content (AvgIpc) is 3.31. The summed E-state index contributed by atoms with van der Waals surface area (Å²) in [5.74, 6) is 0.340. The molecule has 1 aromatic carbocycles. The molecule has 6 nitrogen and oxygen atoms in total. The first kappa shape index (κ1) is 18.6. The first-order chi connectivity index (χ1) is 12.4. The molecule has 2 aromatic heterocycles. The summed E-state index contributed by atoms with van der Waals surface area (Å²) >= 11 is 1.57. The van der Waals surface area contributed by atoms with Gasteiger partial charge in [0.05, 0.1) is 13.2 Å². The molecule has 1 atom stereocenters. The Hall–Kier alpha value is -2.16. The summed E-state index contributed by atoms with van der Waals surface area (Å²) in [7, 11) is -2.26. The lowest BCUT2D eigenvalue weighted by atomic mass is 10.1. The molecule has 0 unspecified atom stereocenters. The number of hydrogen-bond acceptors (Lipinski definition) is 5. The second-order valence-corrected chi connectivity index (χ2v) is 8.51. The number of sulfonamides is 1. The molecule has 0 radical (unpaired) electrons. The molecule has 0 aliphatic heterocycles. The van der Waals surface area contributed by atoms with E-state index in [0.29, 0.717) is 5.75 Å². The molecule has 0 amide bonds. The van der Waals surface area contributed by atoms with E-state index >= 15 is 0 Å². The number of rotatable bonds is 7. The number of aromatic nitrogens is 2. The van der Waals surface area contributed by atoms with E-state index in [2.05, 4.69) is 9.82 Å². The van der Waals surface area contributed by atoms with Gasteiger partial charge in [-0.05, 0) is 65.6 Å². The third kappa shape index (κ3) is 3.82. The number of thiophene rings is 1. The number of nitrogens with one attached hydrogen (secondary N) is 1. The summed E-state index contributed by atoms with van der Waals surface area (Å²) in [6.07, 6.45) is 3.51. The minimum absolute atomic E-state index is 0.146. The van der Waals surface area contributed by atoms with E-state index in [1.54, 1.807) is 34.3 Å². The largest absolute Gasteiger partial charge is 0.495 e. The molecule has 0 saturated heterocycles. The van der Waals surface area contributed by atoms with Gasteiger partial charge in [-0.15, -0.1) is 0 Å². The van der Waals surface area contributed by atoms with E-state index in [9.17, 15) is 8.42 Å². The van der Waals surface area contributed by atoms with Crippen LogP contribution in [0.1, 0.15) is 22.7 Å². The van der Waals surface area contributed by atoms with Crippen LogP contribution in [0.5, 0.6) is 5.75 Å². The molecule has 26 heavy (non-hydrogen) atoms. The second-order valence-electron chi connectivity index (χ2n) is 6.00. The zero-order valence-corrected chi connectivity index (χ0v) is 16.5. The predicted molar refractivity (Wildman–Crippen MR) is 102 cm³/mol. The Morgan fingerprint density at radius 2 is 2.08 bits per heavy atom. The Morgan fingerprint density at radius 3 is 2.69 bits per heavy atom. The normalized spacial score (nSPS) is 12.9. The third-order valence-corrected chi connectivity index (χ3v) is 6.45. The lowest BCUT2D eigenvalue weighted by molar-refractivity contribution is 0.401. The predicted octanol–water partition coefficient (Wildman–Crippen LogP) is 3.14. The fourth-order valence-electron chi connectivity index (χ4n) is 2.69. The zero-order chi connectivity index (χ0) is 18.7. The molecule has 2 heterocycles. The van der Waals surface area contributed by atoms with Crippen molar-refractivity contribution in [2.24, 2.45) is 0 Å². The van der Waals surface area contributed by atoms with Crippen LogP contribution >= 0.6 is 11.3 Å². The zero-order valence-electron chi connectivity index (χ0n) is 14.8. The highest BCUT2D eigenvalue weighted by Gasteiger charge is 2.23. The number of nitrogens with zero attached hydrogens (tertiary/aromatic N) is 2. The van der Waals surface area contributed by atoms with Crippen LogP contribution in [0.25, 0.3) is 0 Å². The van der Waals surface area contributed by atoms with E-state index in [4.69, 9.17) is 4.74 Å². The number of benzene rings is 1. The van der Waals surface area contributed by atoms with E-state index in [1.165, 1.54) is 7.11 Å². The molecule has 3 rings (SSSR count). The van der Waals surface area contributed by atoms with Crippen LogP contribution in [-0.2, 0) is 10.0 Å². The summed E-state index contributed by atoms with van der Waals surface area (Å²) < 4.78 is 35.5. The molecule has 0 aliphatic rings. The minimum atomic E-state index is -3.73. The summed E-state index contributed by atoms with van der Waals surface area (Å²) in [6.45, 7) is 3.99. The standard InChI is InChI=1S/C18H21N3O3S2/c1-13-9-17(24-3)18(10-14(13)2)26(22,23)20-11-16(15-5-8-25-12-15)21-7-4-6-19-21/h4-10,12,16,20H,11H2,1-3H3/t16-/m0/s1. The molecular weight excluding hydrogens is 370 g/mol. The van der Waals surface area contributed by atoms with Gasteiger partial charge in [-0.2, -0.15) is 16.4 Å². The lowest BCUT2D eigenvalue weighted by Crippen LogP contribution is -2.31. The van der Waals surface area contributed by atoms with Crippen LogP contribution < -0.4 is 9.46 Å². The van der Waals surface area contributed by atoms with Gasteiger partial charge in [0.15, 0.2) is 0 Å². The monoisotopic (exact) mass is 391 g/mol. The second kappa shape index (κ2) is 7.61. The Balaban J connectivity index is 1.89. The van der Waals surface area contributed by atoms with E-state index in [0.717, 1.165) is 16.7 Å². The maximum Gasteiger partial charge on any atom is 0.244 e. The molecule has 0 aliphatic carbocycles. The van der Waals surface area contributed by atoms with Crippen LogP contribution in [-0.4, -0.2) is 31.9 Å². The van der Waals surface area contributed by atoms with Crippen molar-refractivity contribution >= 4 is 21.4 Å². The summed E-state index contributed by atoms with van der Waals surface area (Å²) in [5, 5.41) is 8.23. The Bertz CT molecular complexity index is 931. The molecule has 1 N–H and O–H groups in total. The fourth-order valence-corrected chi connectivity index (χ4v) is 4.67. The Labute approximate surface area is 157 Å². The van der Waals surface area contributed by atoms with Gasteiger partial charge in [0.1, 0.15) is 10.6 Å². The molecule has 138 valence electrons. The molecule has 0 spiro atoms. The first-order valence-corrected chi connectivity index (χ1v) is 10.5. The molecule has 8 heteroatoms. The van der Waals surface area contributed by atoms with Crippen LogP contribution in [0.2, 0.25) is 0 Å². The van der Waals surface area contributed by atoms with Crippen molar-refractivity contribution in [3.63, 3.8) is 0 Å². The van der Waals surface area contributed by atoms with Crippen molar-refractivity contribution < 1.29 is 13.2 Å². The topological polar surface area (TPSA) is 73.2 Å². The maximum absolute atomic E-state index is 12.9. The van der Waals surface area contributed by atoms with Gasteiger partial charge in [0, 0.05) is 18.9 Å². The smallest absolute Gasteiger partial charge is 0.244 e. The minimum Gasteiger partial charge on any atom is -0.495 e. The van der Waals surface area contributed by atoms with Crippen molar-refractivity contribution in [2.45, 2.75) is 24.8 Å².